The molecule has 4 heteroatoms. The van der Waals surface area contributed by atoms with Gasteiger partial charge in [-0.1, -0.05) is 0 Å². The van der Waals surface area contributed by atoms with Gasteiger partial charge in [0.15, 0.2) is 0 Å². The lowest BCUT2D eigenvalue weighted by molar-refractivity contribution is 0.0678. The first-order valence-corrected chi connectivity index (χ1v) is 7.45. The smallest absolute Gasteiger partial charge is 0.319 e. The van der Waals surface area contributed by atoms with E-state index in [0.29, 0.717) is 5.41 Å². The highest BCUT2D eigenvalue weighted by Gasteiger charge is 2.38. The van der Waals surface area contributed by atoms with Crippen molar-refractivity contribution in [3.8, 4) is 0 Å². The Morgan fingerprint density at radius 3 is 2.61 bits per heavy atom. The zero-order valence-electron chi connectivity index (χ0n) is 11.9. The van der Waals surface area contributed by atoms with Crippen LogP contribution in [0.3, 0.4) is 0 Å². The normalized spacial score (nSPS) is 28.4. The summed E-state index contributed by atoms with van der Waals surface area (Å²) >= 11 is 0. The third-order valence-electron chi connectivity index (χ3n) is 4.53. The molecule has 1 unspecified atom stereocenters. The van der Waals surface area contributed by atoms with Crippen LogP contribution < -0.4 is 5.32 Å². The van der Waals surface area contributed by atoms with Gasteiger partial charge in [-0.2, -0.15) is 0 Å². The molecule has 2 heterocycles. The molecule has 1 atom stereocenters. The molecule has 0 aromatic carbocycles. The second-order valence-corrected chi connectivity index (χ2v) is 5.76. The van der Waals surface area contributed by atoms with Crippen molar-refractivity contribution in [2.75, 3.05) is 39.3 Å². The number of urea groups is 1. The minimum Gasteiger partial charge on any atom is -0.325 e. The first-order chi connectivity index (χ1) is 8.71. The fourth-order valence-corrected chi connectivity index (χ4v) is 3.44. The Morgan fingerprint density at radius 2 is 2.00 bits per heavy atom. The number of piperidine rings is 2. The van der Waals surface area contributed by atoms with Crippen molar-refractivity contribution in [2.24, 2.45) is 5.41 Å². The summed E-state index contributed by atoms with van der Waals surface area (Å²) in [5.74, 6) is 0. The lowest BCUT2D eigenvalue weighted by Crippen LogP contribution is -2.55. The molecule has 0 bridgehead atoms. The van der Waals surface area contributed by atoms with Gasteiger partial charge in [0.05, 0.1) is 0 Å². The summed E-state index contributed by atoms with van der Waals surface area (Å²) in [6.45, 7) is 9.88. The minimum absolute atomic E-state index is 0.240. The zero-order chi connectivity index (χ0) is 13.0. The number of rotatable bonds is 2. The van der Waals surface area contributed by atoms with Gasteiger partial charge in [-0.3, -0.25) is 0 Å². The summed E-state index contributed by atoms with van der Waals surface area (Å²) in [5.41, 5.74) is 0.360. The highest BCUT2D eigenvalue weighted by atomic mass is 16.2. The van der Waals surface area contributed by atoms with Crippen LogP contribution in [0.1, 0.15) is 39.5 Å². The molecule has 0 aliphatic carbocycles. The van der Waals surface area contributed by atoms with E-state index >= 15 is 0 Å². The molecule has 1 N–H and O–H groups in total. The van der Waals surface area contributed by atoms with Crippen molar-refractivity contribution >= 4 is 6.03 Å². The van der Waals surface area contributed by atoms with Crippen LogP contribution in [0.2, 0.25) is 0 Å². The Labute approximate surface area is 111 Å². The van der Waals surface area contributed by atoms with E-state index in [-0.39, 0.29) is 6.03 Å². The Balaban J connectivity index is 1.99. The molecule has 2 amide bonds. The number of nitrogens with one attached hydrogen (secondary N) is 1. The molecule has 2 saturated heterocycles. The van der Waals surface area contributed by atoms with Crippen LogP contribution in [0.25, 0.3) is 0 Å². The standard InChI is InChI=1S/C14H27N3O/c1-3-16(4-2)13(18)17-10-6-8-14(12-17)7-5-9-15-11-14/h15H,3-12H2,1-2H3. The Kier molecular flexibility index (Phi) is 4.49. The molecule has 0 aromatic rings. The lowest BCUT2D eigenvalue weighted by atomic mass is 9.74. The van der Waals surface area contributed by atoms with E-state index in [1.54, 1.807) is 0 Å². The van der Waals surface area contributed by atoms with E-state index in [1.165, 1.54) is 19.3 Å². The SMILES string of the molecule is CCN(CC)C(=O)N1CCCC2(CCCNC2)C1. The Bertz CT molecular complexity index is 277. The highest BCUT2D eigenvalue weighted by Crippen LogP contribution is 2.36. The van der Waals surface area contributed by atoms with Gasteiger partial charge in [-0.05, 0) is 46.1 Å². The minimum atomic E-state index is 0.240. The van der Waals surface area contributed by atoms with Crippen molar-refractivity contribution in [1.82, 2.24) is 15.1 Å². The van der Waals surface area contributed by atoms with E-state index < -0.39 is 0 Å². The van der Waals surface area contributed by atoms with E-state index in [0.717, 1.165) is 45.7 Å². The van der Waals surface area contributed by atoms with Crippen molar-refractivity contribution in [2.45, 2.75) is 39.5 Å². The molecular formula is C14H27N3O. The van der Waals surface area contributed by atoms with Crippen molar-refractivity contribution in [3.05, 3.63) is 0 Å². The fraction of sp³-hybridized carbons (Fsp3) is 0.929. The summed E-state index contributed by atoms with van der Waals surface area (Å²) in [6.07, 6.45) is 4.98. The molecule has 2 aliphatic heterocycles. The van der Waals surface area contributed by atoms with Crippen molar-refractivity contribution in [1.29, 1.82) is 0 Å². The topological polar surface area (TPSA) is 35.6 Å². The van der Waals surface area contributed by atoms with Gasteiger partial charge < -0.3 is 15.1 Å². The average Bonchev–Trinajstić information content (AvgIpc) is 2.41. The second kappa shape index (κ2) is 5.91. The predicted octanol–water partition coefficient (Wildman–Crippen LogP) is 1.91. The van der Waals surface area contributed by atoms with Crippen LogP contribution in [-0.2, 0) is 0 Å². The van der Waals surface area contributed by atoms with Crippen LogP contribution in [-0.4, -0.2) is 55.1 Å². The van der Waals surface area contributed by atoms with Gasteiger partial charge in [0.25, 0.3) is 0 Å². The van der Waals surface area contributed by atoms with Crippen LogP contribution >= 0.6 is 0 Å². The number of hydrogen-bond acceptors (Lipinski definition) is 2. The van der Waals surface area contributed by atoms with Crippen LogP contribution in [0, 0.1) is 5.41 Å². The molecule has 2 fully saturated rings. The molecule has 4 nitrogen and oxygen atoms in total. The van der Waals surface area contributed by atoms with E-state index in [1.807, 2.05) is 4.90 Å². The van der Waals surface area contributed by atoms with Gasteiger partial charge in [0.1, 0.15) is 0 Å². The molecule has 1 spiro atoms. The number of carbonyl (C=O) groups excluding carboxylic acids is 1. The van der Waals surface area contributed by atoms with Crippen molar-refractivity contribution < 1.29 is 4.79 Å². The van der Waals surface area contributed by atoms with E-state index in [4.69, 9.17) is 0 Å². The van der Waals surface area contributed by atoms with Crippen LogP contribution in [0.5, 0.6) is 0 Å². The maximum atomic E-state index is 12.4. The molecule has 0 radical (unpaired) electrons. The number of nitrogens with zero attached hydrogens (tertiary/aromatic N) is 2. The molecule has 104 valence electrons. The number of amides is 2. The second-order valence-electron chi connectivity index (χ2n) is 5.76. The lowest BCUT2D eigenvalue weighted by Gasteiger charge is -2.46. The summed E-state index contributed by atoms with van der Waals surface area (Å²) < 4.78 is 0. The fourth-order valence-electron chi connectivity index (χ4n) is 3.44. The summed E-state index contributed by atoms with van der Waals surface area (Å²) in [4.78, 5) is 16.4. The van der Waals surface area contributed by atoms with Gasteiger partial charge >= 0.3 is 6.03 Å². The first-order valence-electron chi connectivity index (χ1n) is 7.45. The monoisotopic (exact) mass is 253 g/mol. The van der Waals surface area contributed by atoms with Gasteiger partial charge in [0.2, 0.25) is 0 Å². The Hall–Kier alpha value is -0.770. The van der Waals surface area contributed by atoms with Gasteiger partial charge in [-0.15, -0.1) is 0 Å². The third kappa shape index (κ3) is 2.79. The summed E-state index contributed by atoms with van der Waals surface area (Å²) in [5, 5.41) is 3.51. The maximum Gasteiger partial charge on any atom is 0.319 e. The Morgan fingerprint density at radius 1 is 1.28 bits per heavy atom. The van der Waals surface area contributed by atoms with Crippen molar-refractivity contribution in [3.63, 3.8) is 0 Å². The summed E-state index contributed by atoms with van der Waals surface area (Å²) in [7, 11) is 0. The largest absolute Gasteiger partial charge is 0.325 e. The molecular weight excluding hydrogens is 226 g/mol. The van der Waals surface area contributed by atoms with Gasteiger partial charge in [-0.25, -0.2) is 4.79 Å². The quantitative estimate of drug-likeness (QED) is 0.816. The third-order valence-corrected chi connectivity index (χ3v) is 4.53. The molecule has 2 rings (SSSR count). The van der Waals surface area contributed by atoms with Gasteiger partial charge in [0, 0.05) is 38.1 Å². The maximum absolute atomic E-state index is 12.4. The molecule has 0 saturated carbocycles. The number of hydrogen-bond donors (Lipinski definition) is 1. The molecule has 18 heavy (non-hydrogen) atoms. The number of carbonyl (C=O) groups is 1. The van der Waals surface area contributed by atoms with E-state index in [9.17, 15) is 4.79 Å². The van der Waals surface area contributed by atoms with E-state index in [2.05, 4.69) is 24.1 Å². The first kappa shape index (κ1) is 13.7. The molecule has 2 aliphatic rings. The van der Waals surface area contributed by atoms with Crippen LogP contribution in [0.4, 0.5) is 4.79 Å². The average molecular weight is 253 g/mol. The highest BCUT2D eigenvalue weighted by molar-refractivity contribution is 5.74. The zero-order valence-corrected chi connectivity index (χ0v) is 11.9. The predicted molar refractivity (Wildman–Crippen MR) is 73.7 cm³/mol. The van der Waals surface area contributed by atoms with Crippen LogP contribution in [0.15, 0.2) is 0 Å². The molecule has 0 aromatic heterocycles. The summed E-state index contributed by atoms with van der Waals surface area (Å²) in [6, 6.07) is 0.240. The number of likely N-dealkylation sites (tertiary alicyclic amines) is 1.